The highest BCUT2D eigenvalue weighted by Gasteiger charge is 2.52. The van der Waals surface area contributed by atoms with E-state index in [2.05, 4.69) is 0 Å². The topological polar surface area (TPSA) is 157 Å². The highest BCUT2D eigenvalue weighted by molar-refractivity contribution is 4.61. The van der Waals surface area contributed by atoms with Crippen LogP contribution >= 0.6 is 0 Å². The summed E-state index contributed by atoms with van der Waals surface area (Å²) in [6.45, 7) is -15.0. The molecular weight excluding hydrogens is 416 g/mol. The Kier molecular flexibility index (Phi) is 4.28. The van der Waals surface area contributed by atoms with E-state index in [1.807, 2.05) is 0 Å². The van der Waals surface area contributed by atoms with Gasteiger partial charge in [-0.25, -0.2) is 0 Å². The lowest BCUT2D eigenvalue weighted by Crippen LogP contribution is -2.54. The Labute approximate surface area is 159 Å². The molecule has 6 rings (SSSR count). The Morgan fingerprint density at radius 3 is 0.483 bits per heavy atom. The summed E-state index contributed by atoms with van der Waals surface area (Å²) >= 11 is 0. The molecule has 0 aromatic carbocycles. The van der Waals surface area contributed by atoms with Crippen LogP contribution in [0.4, 0.5) is 0 Å². The van der Waals surface area contributed by atoms with Crippen molar-refractivity contribution in [3.8, 4) is 0 Å². The van der Waals surface area contributed by atoms with E-state index in [-0.39, 0.29) is 0 Å². The normalized spacial score (nSPS) is 58.8. The molecule has 0 spiro atoms. The summed E-state index contributed by atoms with van der Waals surface area (Å²) in [6, 6.07) is 0. The molecule has 0 aromatic rings. The fourth-order valence-corrected chi connectivity index (χ4v) is 2.90. The molecule has 0 saturated carbocycles. The fraction of sp³-hybridized carbons (Fsp3) is 1.00. The zero-order valence-corrected chi connectivity index (χ0v) is 13.9. The molecule has 6 aliphatic heterocycles. The van der Waals surface area contributed by atoms with Crippen LogP contribution in [0.1, 0.15) is 0 Å². The van der Waals surface area contributed by atoms with E-state index in [0.29, 0.717) is 0 Å². The Balaban J connectivity index is 1.36. The molecule has 10 bridgehead atoms. The van der Waals surface area contributed by atoms with Gasteiger partial charge in [-0.1, -0.05) is 0 Å². The van der Waals surface area contributed by atoms with Crippen LogP contribution in [0.3, 0.4) is 0 Å². The first-order chi connectivity index (χ1) is 14.2. The largest absolute Gasteiger partial charge is 0.294 e. The van der Waals surface area contributed by atoms with Gasteiger partial charge in [0.1, 0.15) is 0 Å². The standard InChI is InChI=1S/C12H12O17/c13-1-2-15-5-17-3(13)19-7-23-9(21-5)27-12-28-10-22-6(16-2)18-4(14-1)20-8(24-10)26-11(25-7)29-12/h1-12H. The molecule has 8 atom stereocenters. The van der Waals surface area contributed by atoms with Gasteiger partial charge in [-0.2, -0.15) is 0 Å². The van der Waals surface area contributed by atoms with E-state index in [9.17, 15) is 0 Å². The molecule has 0 amide bonds. The third-order valence-corrected chi connectivity index (χ3v) is 4.09. The first-order valence-corrected chi connectivity index (χ1v) is 8.35. The average molecular weight is 428 g/mol. The molecule has 8 unspecified atom stereocenters. The Hall–Kier alpha value is -0.680. The Bertz CT molecular complexity index is 518. The van der Waals surface area contributed by atoms with E-state index in [1.54, 1.807) is 0 Å². The van der Waals surface area contributed by atoms with Crippen molar-refractivity contribution in [1.82, 2.24) is 0 Å². The van der Waals surface area contributed by atoms with Gasteiger partial charge in [-0.15, -0.1) is 0 Å². The van der Waals surface area contributed by atoms with Gasteiger partial charge >= 0.3 is 0 Å². The van der Waals surface area contributed by atoms with Crippen molar-refractivity contribution in [2.45, 2.75) is 77.3 Å². The molecule has 0 aliphatic carbocycles. The summed E-state index contributed by atoms with van der Waals surface area (Å²) in [7, 11) is 0. The predicted octanol–water partition coefficient (Wildman–Crippen LogP) is -2.15. The second kappa shape index (κ2) is 6.91. The fourth-order valence-electron chi connectivity index (χ4n) is 2.90. The van der Waals surface area contributed by atoms with Gasteiger partial charge in [0.15, 0.2) is 0 Å². The smallest absolute Gasteiger partial charge is 0.283 e. The Morgan fingerprint density at radius 2 is 0.310 bits per heavy atom. The summed E-state index contributed by atoms with van der Waals surface area (Å²) in [6.07, 6.45) is -2.62. The van der Waals surface area contributed by atoms with E-state index in [1.165, 1.54) is 0 Å². The summed E-state index contributed by atoms with van der Waals surface area (Å²) in [5, 5.41) is 0. The number of rotatable bonds is 0. The van der Waals surface area contributed by atoms with Crippen LogP contribution < -0.4 is 0 Å². The third kappa shape index (κ3) is 3.44. The van der Waals surface area contributed by atoms with Crippen molar-refractivity contribution in [2.24, 2.45) is 0 Å². The highest BCUT2D eigenvalue weighted by atomic mass is 17.2. The van der Waals surface area contributed by atoms with Crippen LogP contribution in [0.2, 0.25) is 0 Å². The van der Waals surface area contributed by atoms with Crippen LogP contribution in [0.15, 0.2) is 0 Å². The molecule has 0 N–H and O–H groups in total. The van der Waals surface area contributed by atoms with Crippen molar-refractivity contribution in [1.29, 1.82) is 0 Å². The summed E-state index contributed by atoms with van der Waals surface area (Å²) in [5.41, 5.74) is 0. The maximum Gasteiger partial charge on any atom is 0.283 e. The van der Waals surface area contributed by atoms with E-state index < -0.39 is 77.3 Å². The van der Waals surface area contributed by atoms with Crippen LogP contribution in [-0.4, -0.2) is 77.3 Å². The van der Waals surface area contributed by atoms with Crippen LogP contribution in [0.25, 0.3) is 0 Å². The molecule has 6 saturated heterocycles. The Morgan fingerprint density at radius 1 is 0.172 bits per heavy atom. The van der Waals surface area contributed by atoms with E-state index in [0.717, 1.165) is 0 Å². The molecule has 0 aromatic heterocycles. The maximum absolute atomic E-state index is 5.58. The molecule has 162 valence electrons. The minimum Gasteiger partial charge on any atom is -0.294 e. The second-order valence-electron chi connectivity index (χ2n) is 5.94. The first-order valence-electron chi connectivity index (χ1n) is 8.35. The van der Waals surface area contributed by atoms with Crippen LogP contribution in [0.5, 0.6) is 0 Å². The number of hydrogen-bond donors (Lipinski definition) is 0. The van der Waals surface area contributed by atoms with Crippen LogP contribution in [-0.2, 0) is 80.5 Å². The van der Waals surface area contributed by atoms with Crippen molar-refractivity contribution in [3.63, 3.8) is 0 Å². The first kappa shape index (κ1) is 17.9. The molecule has 6 heterocycles. The number of ether oxygens (including phenoxy) is 17. The van der Waals surface area contributed by atoms with Crippen molar-refractivity contribution >= 4 is 0 Å². The van der Waals surface area contributed by atoms with Gasteiger partial charge in [0.05, 0.1) is 0 Å². The molecule has 17 nitrogen and oxygen atoms in total. The third-order valence-electron chi connectivity index (χ3n) is 4.09. The number of fused-ring (bicyclic) bond motifs is 11. The zero-order valence-electron chi connectivity index (χ0n) is 13.9. The number of hydrogen-bond acceptors (Lipinski definition) is 17. The van der Waals surface area contributed by atoms with Crippen molar-refractivity contribution < 1.29 is 80.5 Å². The lowest BCUT2D eigenvalue weighted by molar-refractivity contribution is -0.635. The van der Waals surface area contributed by atoms with E-state index >= 15 is 0 Å². The van der Waals surface area contributed by atoms with Crippen LogP contribution in [0, 0.1) is 0 Å². The van der Waals surface area contributed by atoms with Gasteiger partial charge in [0.2, 0.25) is 12.6 Å². The minimum absolute atomic E-state index is 1.31. The predicted molar refractivity (Wildman–Crippen MR) is 63.9 cm³/mol. The highest BCUT2D eigenvalue weighted by Crippen LogP contribution is 2.36. The van der Waals surface area contributed by atoms with Gasteiger partial charge in [0.25, 0.3) is 64.8 Å². The van der Waals surface area contributed by atoms with Gasteiger partial charge < -0.3 is 0 Å². The lowest BCUT2D eigenvalue weighted by Gasteiger charge is -2.42. The summed E-state index contributed by atoms with van der Waals surface area (Å²) < 4.78 is 93.1. The monoisotopic (exact) mass is 428 g/mol. The van der Waals surface area contributed by atoms with Gasteiger partial charge in [-0.05, 0) is 0 Å². The quantitative estimate of drug-likeness (QED) is 0.411. The summed E-state index contributed by atoms with van der Waals surface area (Å²) in [4.78, 5) is 0. The molecule has 17 heteroatoms. The van der Waals surface area contributed by atoms with E-state index in [4.69, 9.17) is 80.5 Å². The van der Waals surface area contributed by atoms with Crippen molar-refractivity contribution in [3.05, 3.63) is 0 Å². The average Bonchev–Trinajstić information content (AvgIpc) is 2.83. The SMILES string of the molecule is O1C2OC3OC4OC1OC1OC(O2)OC2OC(O1)OC1OC(O4)OC(O3)OC1O2. The van der Waals surface area contributed by atoms with Gasteiger partial charge in [-0.3, -0.25) is 80.5 Å². The molecule has 0 radical (unpaired) electrons. The summed E-state index contributed by atoms with van der Waals surface area (Å²) in [5.74, 6) is 0. The van der Waals surface area contributed by atoms with Gasteiger partial charge in [0, 0.05) is 0 Å². The molecule has 6 aliphatic rings. The maximum atomic E-state index is 5.58. The molecular formula is C12H12O17. The zero-order chi connectivity index (χ0) is 18.9. The molecule has 29 heavy (non-hydrogen) atoms. The van der Waals surface area contributed by atoms with Crippen molar-refractivity contribution in [2.75, 3.05) is 0 Å². The minimum atomic E-state index is -1.53. The molecule has 6 fully saturated rings. The lowest BCUT2D eigenvalue weighted by atomic mass is 10.6. The second-order valence-corrected chi connectivity index (χ2v) is 5.94.